The van der Waals surface area contributed by atoms with E-state index < -0.39 is 15.9 Å². The van der Waals surface area contributed by atoms with Gasteiger partial charge in [-0.25, -0.2) is 8.42 Å². The fourth-order valence-electron chi connectivity index (χ4n) is 3.23. The van der Waals surface area contributed by atoms with Crippen molar-refractivity contribution in [1.82, 2.24) is 15.5 Å². The van der Waals surface area contributed by atoms with Crippen molar-refractivity contribution < 1.29 is 27.2 Å². The lowest BCUT2D eigenvalue weighted by molar-refractivity contribution is 0.0946. The highest BCUT2D eigenvalue weighted by atomic mass is 32.2. The number of hydrogen-bond acceptors (Lipinski definition) is 8. The van der Waals surface area contributed by atoms with Gasteiger partial charge in [0.1, 0.15) is 13.2 Å². The molecule has 1 aromatic heterocycles. The number of fused-ring (bicyclic) bond motifs is 1. The average molecular weight is 456 g/mol. The number of nitrogens with one attached hydrogen (secondary N) is 2. The van der Waals surface area contributed by atoms with E-state index in [-0.39, 0.29) is 22.7 Å². The lowest BCUT2D eigenvalue weighted by atomic mass is 10.2. The van der Waals surface area contributed by atoms with Gasteiger partial charge >= 0.3 is 0 Å². The SMILES string of the molecule is O=C(NCc1nc(C2CC2)no1)c1cccc(NS(=O)(=O)c2ccc3c(c2)OCCO3)c1. The first kappa shape index (κ1) is 20.3. The maximum absolute atomic E-state index is 12.8. The summed E-state index contributed by atoms with van der Waals surface area (Å²) < 4.78 is 44.1. The summed E-state index contributed by atoms with van der Waals surface area (Å²) in [4.78, 5) is 16.8. The third-order valence-electron chi connectivity index (χ3n) is 5.03. The van der Waals surface area contributed by atoms with Crippen molar-refractivity contribution in [1.29, 1.82) is 0 Å². The summed E-state index contributed by atoms with van der Waals surface area (Å²) in [7, 11) is -3.89. The van der Waals surface area contributed by atoms with Crippen LogP contribution in [0.1, 0.15) is 40.8 Å². The number of sulfonamides is 1. The molecule has 1 amide bonds. The summed E-state index contributed by atoms with van der Waals surface area (Å²) >= 11 is 0. The van der Waals surface area contributed by atoms with E-state index in [2.05, 4.69) is 20.2 Å². The third-order valence-corrected chi connectivity index (χ3v) is 6.41. The molecule has 0 atom stereocenters. The van der Waals surface area contributed by atoms with Gasteiger partial charge in [0.05, 0.1) is 11.4 Å². The van der Waals surface area contributed by atoms with Crippen molar-refractivity contribution in [2.45, 2.75) is 30.2 Å². The van der Waals surface area contributed by atoms with Gasteiger partial charge in [-0.05, 0) is 43.2 Å². The zero-order valence-electron chi connectivity index (χ0n) is 16.9. The van der Waals surface area contributed by atoms with Crippen LogP contribution in [0.15, 0.2) is 51.9 Å². The Morgan fingerprint density at radius 1 is 1.06 bits per heavy atom. The maximum Gasteiger partial charge on any atom is 0.262 e. The predicted octanol–water partition coefficient (Wildman–Crippen LogP) is 2.45. The number of ether oxygens (including phenoxy) is 2. The van der Waals surface area contributed by atoms with Crippen LogP contribution in [0.2, 0.25) is 0 Å². The molecule has 3 aromatic rings. The molecule has 2 aliphatic rings. The third kappa shape index (κ3) is 4.37. The van der Waals surface area contributed by atoms with Crippen molar-refractivity contribution in [3.05, 3.63) is 59.7 Å². The summed E-state index contributed by atoms with van der Waals surface area (Å²) in [6, 6.07) is 10.6. The van der Waals surface area contributed by atoms with Gasteiger partial charge in [-0.15, -0.1) is 0 Å². The summed E-state index contributed by atoms with van der Waals surface area (Å²) in [6.07, 6.45) is 2.11. The number of hydrogen-bond donors (Lipinski definition) is 2. The Kier molecular flexibility index (Phi) is 5.17. The lowest BCUT2D eigenvalue weighted by Gasteiger charge is -2.19. The molecule has 11 heteroatoms. The van der Waals surface area contributed by atoms with Gasteiger partial charge in [-0.2, -0.15) is 4.98 Å². The average Bonchev–Trinajstić information content (AvgIpc) is 3.55. The van der Waals surface area contributed by atoms with Gasteiger partial charge in [0, 0.05) is 23.2 Å². The first-order chi connectivity index (χ1) is 15.5. The van der Waals surface area contributed by atoms with E-state index in [9.17, 15) is 13.2 Å². The summed E-state index contributed by atoms with van der Waals surface area (Å²) in [5.41, 5.74) is 0.538. The number of benzene rings is 2. The standard InChI is InChI=1S/C21H20N4O6S/c26-21(22-12-19-23-20(24-31-19)13-4-5-13)14-2-1-3-15(10-14)25-32(27,28)16-6-7-17-18(11-16)30-9-8-29-17/h1-3,6-7,10-11,13,25H,4-5,8-9,12H2,(H,22,26). The molecule has 0 unspecified atom stereocenters. The molecule has 2 N–H and O–H groups in total. The van der Waals surface area contributed by atoms with Gasteiger partial charge in [0.15, 0.2) is 17.3 Å². The predicted molar refractivity (Wildman–Crippen MR) is 112 cm³/mol. The second-order valence-corrected chi connectivity index (χ2v) is 9.18. The van der Waals surface area contributed by atoms with Gasteiger partial charge in [0.25, 0.3) is 15.9 Å². The summed E-state index contributed by atoms with van der Waals surface area (Å²) in [5, 5.41) is 6.61. The first-order valence-electron chi connectivity index (χ1n) is 10.1. The quantitative estimate of drug-likeness (QED) is 0.554. The number of anilines is 1. The minimum atomic E-state index is -3.89. The zero-order chi connectivity index (χ0) is 22.1. The summed E-state index contributed by atoms with van der Waals surface area (Å²) in [6.45, 7) is 0.860. The Balaban J connectivity index is 1.26. The molecule has 5 rings (SSSR count). The van der Waals surface area contributed by atoms with Crippen molar-refractivity contribution in [2.75, 3.05) is 17.9 Å². The van der Waals surface area contributed by atoms with E-state index in [0.29, 0.717) is 42.3 Å². The molecule has 166 valence electrons. The first-order valence-corrected chi connectivity index (χ1v) is 11.6. The van der Waals surface area contributed by atoms with E-state index in [4.69, 9.17) is 14.0 Å². The number of carbonyl (C=O) groups excluding carboxylic acids is 1. The van der Waals surface area contributed by atoms with Gasteiger partial charge in [-0.3, -0.25) is 9.52 Å². The highest BCUT2D eigenvalue weighted by molar-refractivity contribution is 7.92. The van der Waals surface area contributed by atoms with Crippen LogP contribution >= 0.6 is 0 Å². The molecule has 32 heavy (non-hydrogen) atoms. The molecule has 0 saturated heterocycles. The van der Waals surface area contributed by atoms with E-state index in [1.165, 1.54) is 18.2 Å². The maximum atomic E-state index is 12.8. The molecule has 1 saturated carbocycles. The van der Waals surface area contributed by atoms with Crippen molar-refractivity contribution in [2.24, 2.45) is 0 Å². The van der Waals surface area contributed by atoms with E-state index in [1.807, 2.05) is 0 Å². The minimum absolute atomic E-state index is 0.0273. The molecule has 2 heterocycles. The second-order valence-electron chi connectivity index (χ2n) is 7.50. The van der Waals surface area contributed by atoms with Crippen LogP contribution in [0.5, 0.6) is 11.5 Å². The van der Waals surface area contributed by atoms with Crippen LogP contribution < -0.4 is 19.5 Å². The molecule has 2 aromatic carbocycles. The normalized spacial score (nSPS) is 15.2. The Labute approximate surface area is 184 Å². The van der Waals surface area contributed by atoms with E-state index in [1.54, 1.807) is 24.3 Å². The molecular weight excluding hydrogens is 436 g/mol. The van der Waals surface area contributed by atoms with Crippen LogP contribution in [0.25, 0.3) is 0 Å². The number of amides is 1. The van der Waals surface area contributed by atoms with Crippen LogP contribution in [-0.2, 0) is 16.6 Å². The molecular formula is C21H20N4O6S. The number of carbonyl (C=O) groups is 1. The van der Waals surface area contributed by atoms with Gasteiger partial charge < -0.3 is 19.3 Å². The molecule has 1 aliphatic heterocycles. The second kappa shape index (κ2) is 8.15. The van der Waals surface area contributed by atoms with Crippen LogP contribution in [0.4, 0.5) is 5.69 Å². The van der Waals surface area contributed by atoms with Gasteiger partial charge in [-0.1, -0.05) is 11.2 Å². The topological polar surface area (TPSA) is 133 Å². The number of rotatable bonds is 7. The Morgan fingerprint density at radius 2 is 1.88 bits per heavy atom. The number of nitrogens with zero attached hydrogens (tertiary/aromatic N) is 2. The fraction of sp³-hybridized carbons (Fsp3) is 0.286. The van der Waals surface area contributed by atoms with Crippen molar-refractivity contribution in [3.8, 4) is 11.5 Å². The minimum Gasteiger partial charge on any atom is -0.486 e. The highest BCUT2D eigenvalue weighted by Gasteiger charge is 2.28. The largest absolute Gasteiger partial charge is 0.486 e. The van der Waals surface area contributed by atoms with Gasteiger partial charge in [0.2, 0.25) is 5.89 Å². The molecule has 1 aliphatic carbocycles. The summed E-state index contributed by atoms with van der Waals surface area (Å²) in [5.74, 6) is 1.84. The molecule has 1 fully saturated rings. The lowest BCUT2D eigenvalue weighted by Crippen LogP contribution is -2.23. The number of aromatic nitrogens is 2. The van der Waals surface area contributed by atoms with Crippen LogP contribution in [-0.4, -0.2) is 37.7 Å². The van der Waals surface area contributed by atoms with E-state index in [0.717, 1.165) is 12.8 Å². The Bertz CT molecular complexity index is 1270. The zero-order valence-corrected chi connectivity index (χ0v) is 17.7. The van der Waals surface area contributed by atoms with Crippen molar-refractivity contribution >= 4 is 21.6 Å². The Morgan fingerprint density at radius 3 is 2.69 bits per heavy atom. The highest BCUT2D eigenvalue weighted by Crippen LogP contribution is 2.38. The van der Waals surface area contributed by atoms with Crippen LogP contribution in [0.3, 0.4) is 0 Å². The molecule has 0 bridgehead atoms. The monoisotopic (exact) mass is 456 g/mol. The molecule has 0 radical (unpaired) electrons. The Hall–Kier alpha value is -3.60. The molecule has 0 spiro atoms. The van der Waals surface area contributed by atoms with E-state index >= 15 is 0 Å². The fourth-order valence-corrected chi connectivity index (χ4v) is 4.30. The molecule has 10 nitrogen and oxygen atoms in total. The van der Waals surface area contributed by atoms with Crippen molar-refractivity contribution in [3.63, 3.8) is 0 Å². The van der Waals surface area contributed by atoms with Crippen LogP contribution in [0, 0.1) is 0 Å². The smallest absolute Gasteiger partial charge is 0.262 e.